The highest BCUT2D eigenvalue weighted by Gasteiger charge is 2.34. The number of hydrogen-bond donors (Lipinski definition) is 2. The SMILES string of the molecule is O=C1C=C(Nc2c(F)cc(F)c(F)c2[N+](=O)[O-])C(=O)N1CCO. The number of aliphatic hydroxyl groups is 1. The third-order valence-electron chi connectivity index (χ3n) is 2.92. The second-order valence-electron chi connectivity index (χ2n) is 4.34. The molecule has 0 spiro atoms. The van der Waals surface area contributed by atoms with Crippen molar-refractivity contribution in [3.05, 3.63) is 45.4 Å². The number of nitrogens with zero attached hydrogens (tertiary/aromatic N) is 2. The van der Waals surface area contributed by atoms with Gasteiger partial charge in [-0.2, -0.15) is 4.39 Å². The van der Waals surface area contributed by atoms with Crippen molar-refractivity contribution in [3.8, 4) is 0 Å². The van der Waals surface area contributed by atoms with Crippen LogP contribution in [0.15, 0.2) is 17.8 Å². The van der Waals surface area contributed by atoms with E-state index in [2.05, 4.69) is 0 Å². The van der Waals surface area contributed by atoms with E-state index < -0.39 is 57.9 Å². The maximum absolute atomic E-state index is 13.7. The van der Waals surface area contributed by atoms with Crippen LogP contribution in [-0.2, 0) is 9.59 Å². The summed E-state index contributed by atoms with van der Waals surface area (Å²) >= 11 is 0. The number of rotatable bonds is 5. The number of aliphatic hydroxyl groups excluding tert-OH is 1. The van der Waals surface area contributed by atoms with Crippen molar-refractivity contribution in [2.75, 3.05) is 18.5 Å². The first-order valence-corrected chi connectivity index (χ1v) is 6.05. The minimum Gasteiger partial charge on any atom is -0.395 e. The number of β-amino-alcohol motifs (C(OH)–C–C–N with tert-alkyl or cyclic N) is 1. The van der Waals surface area contributed by atoms with Gasteiger partial charge in [-0.15, -0.1) is 0 Å². The first kappa shape index (κ1) is 16.4. The molecular weight excluding hydrogens is 323 g/mol. The van der Waals surface area contributed by atoms with Crippen LogP contribution in [0.5, 0.6) is 0 Å². The molecule has 2 rings (SSSR count). The summed E-state index contributed by atoms with van der Waals surface area (Å²) in [7, 11) is 0. The summed E-state index contributed by atoms with van der Waals surface area (Å²) in [5.41, 5.74) is -3.20. The number of nitrogens with one attached hydrogen (secondary N) is 1. The lowest BCUT2D eigenvalue weighted by atomic mass is 10.2. The van der Waals surface area contributed by atoms with Crippen LogP contribution < -0.4 is 5.32 Å². The molecular formula is C12H8F3N3O5. The number of imide groups is 1. The molecule has 23 heavy (non-hydrogen) atoms. The normalized spacial score (nSPS) is 14.3. The molecule has 0 unspecified atom stereocenters. The van der Waals surface area contributed by atoms with E-state index >= 15 is 0 Å². The van der Waals surface area contributed by atoms with E-state index in [-0.39, 0.29) is 12.6 Å². The molecule has 122 valence electrons. The number of carbonyl (C=O) groups excluding carboxylic acids is 2. The summed E-state index contributed by atoms with van der Waals surface area (Å²) in [6, 6.07) is 0.0674. The van der Waals surface area contributed by atoms with Crippen molar-refractivity contribution in [3.63, 3.8) is 0 Å². The molecule has 1 aliphatic heterocycles. The molecule has 11 heteroatoms. The molecule has 0 radical (unpaired) electrons. The van der Waals surface area contributed by atoms with Crippen molar-refractivity contribution in [1.82, 2.24) is 4.90 Å². The van der Waals surface area contributed by atoms with Gasteiger partial charge in [-0.1, -0.05) is 0 Å². The highest BCUT2D eigenvalue weighted by atomic mass is 19.2. The van der Waals surface area contributed by atoms with Crippen molar-refractivity contribution < 1.29 is 32.8 Å². The molecule has 0 fully saturated rings. The van der Waals surface area contributed by atoms with Crippen LogP contribution in [0.2, 0.25) is 0 Å². The Bertz CT molecular complexity index is 750. The molecule has 0 saturated carbocycles. The van der Waals surface area contributed by atoms with E-state index in [0.29, 0.717) is 11.0 Å². The van der Waals surface area contributed by atoms with Crippen LogP contribution in [0, 0.1) is 27.6 Å². The number of amides is 2. The Morgan fingerprint density at radius 1 is 1.26 bits per heavy atom. The number of halogens is 3. The maximum Gasteiger partial charge on any atom is 0.334 e. The fraction of sp³-hybridized carbons (Fsp3) is 0.167. The lowest BCUT2D eigenvalue weighted by Crippen LogP contribution is -2.34. The van der Waals surface area contributed by atoms with Crippen LogP contribution >= 0.6 is 0 Å². The highest BCUT2D eigenvalue weighted by Crippen LogP contribution is 2.34. The van der Waals surface area contributed by atoms with Gasteiger partial charge in [-0.3, -0.25) is 24.6 Å². The monoisotopic (exact) mass is 331 g/mol. The van der Waals surface area contributed by atoms with Gasteiger partial charge in [-0.25, -0.2) is 8.78 Å². The van der Waals surface area contributed by atoms with Crippen LogP contribution in [0.4, 0.5) is 24.5 Å². The van der Waals surface area contributed by atoms with Gasteiger partial charge in [0, 0.05) is 12.1 Å². The third-order valence-corrected chi connectivity index (χ3v) is 2.92. The molecule has 2 amide bonds. The molecule has 0 aromatic heterocycles. The van der Waals surface area contributed by atoms with E-state index in [0.717, 1.165) is 0 Å². The smallest absolute Gasteiger partial charge is 0.334 e. The Labute approximate surface area is 126 Å². The summed E-state index contributed by atoms with van der Waals surface area (Å²) in [4.78, 5) is 33.4. The molecule has 0 saturated heterocycles. The van der Waals surface area contributed by atoms with Gasteiger partial charge < -0.3 is 10.4 Å². The average molecular weight is 331 g/mol. The lowest BCUT2D eigenvalue weighted by molar-refractivity contribution is -0.387. The van der Waals surface area contributed by atoms with Crippen molar-refractivity contribution >= 4 is 23.2 Å². The van der Waals surface area contributed by atoms with Crippen LogP contribution in [0.1, 0.15) is 0 Å². The second kappa shape index (κ2) is 6.04. The minimum atomic E-state index is -1.91. The van der Waals surface area contributed by atoms with Crippen LogP contribution in [0.25, 0.3) is 0 Å². The summed E-state index contributed by atoms with van der Waals surface area (Å²) in [6.45, 7) is -0.875. The van der Waals surface area contributed by atoms with Gasteiger partial charge in [0.25, 0.3) is 11.8 Å². The Kier molecular flexibility index (Phi) is 4.31. The molecule has 1 heterocycles. The number of anilines is 1. The van der Waals surface area contributed by atoms with Crippen molar-refractivity contribution in [2.24, 2.45) is 0 Å². The van der Waals surface area contributed by atoms with E-state index in [1.165, 1.54) is 0 Å². The van der Waals surface area contributed by atoms with Gasteiger partial charge in [0.15, 0.2) is 17.3 Å². The molecule has 0 bridgehead atoms. The number of hydrogen-bond acceptors (Lipinski definition) is 6. The first-order valence-electron chi connectivity index (χ1n) is 6.05. The van der Waals surface area contributed by atoms with Gasteiger partial charge in [0.05, 0.1) is 18.1 Å². The Morgan fingerprint density at radius 2 is 1.91 bits per heavy atom. The third kappa shape index (κ3) is 2.85. The standard InChI is InChI=1S/C12H8F3N3O5/c13-5-3-6(14)10(11(9(5)15)18(22)23)16-7-4-8(20)17(1-2-19)12(7)21/h3-4,16,19H,1-2H2. The Balaban J connectivity index is 2.44. The highest BCUT2D eigenvalue weighted by molar-refractivity contribution is 6.17. The van der Waals surface area contributed by atoms with Gasteiger partial charge >= 0.3 is 5.69 Å². The molecule has 1 aromatic rings. The van der Waals surface area contributed by atoms with Gasteiger partial charge in [0.2, 0.25) is 5.82 Å². The number of carbonyl (C=O) groups is 2. The zero-order valence-electron chi connectivity index (χ0n) is 11.2. The minimum absolute atomic E-state index is 0.0674. The fourth-order valence-electron chi connectivity index (χ4n) is 1.92. The van der Waals surface area contributed by atoms with Crippen molar-refractivity contribution in [2.45, 2.75) is 0 Å². The van der Waals surface area contributed by atoms with Crippen LogP contribution in [-0.4, -0.2) is 39.9 Å². The molecule has 1 aromatic carbocycles. The van der Waals surface area contributed by atoms with Crippen molar-refractivity contribution in [1.29, 1.82) is 0 Å². The predicted octanol–water partition coefficient (Wildman–Crippen LogP) is 0.669. The molecule has 2 N–H and O–H groups in total. The topological polar surface area (TPSA) is 113 Å². The van der Waals surface area contributed by atoms with E-state index in [4.69, 9.17) is 5.11 Å². The lowest BCUT2D eigenvalue weighted by Gasteiger charge is -2.13. The number of benzene rings is 1. The van der Waals surface area contributed by atoms with Crippen LogP contribution in [0.3, 0.4) is 0 Å². The summed E-state index contributed by atoms with van der Waals surface area (Å²) < 4.78 is 40.3. The predicted molar refractivity (Wildman–Crippen MR) is 68.5 cm³/mol. The average Bonchev–Trinajstić information content (AvgIpc) is 2.72. The number of nitro benzene ring substituents is 1. The summed E-state index contributed by atoms with van der Waals surface area (Å²) in [5.74, 6) is -7.05. The molecule has 0 atom stereocenters. The molecule has 8 nitrogen and oxygen atoms in total. The Hall–Kier alpha value is -2.95. The zero-order chi connectivity index (χ0) is 17.3. The number of nitro groups is 1. The Morgan fingerprint density at radius 3 is 2.48 bits per heavy atom. The maximum atomic E-state index is 13.7. The quantitative estimate of drug-likeness (QED) is 0.355. The van der Waals surface area contributed by atoms with E-state index in [1.807, 2.05) is 5.32 Å². The zero-order valence-corrected chi connectivity index (χ0v) is 11.2. The fourth-order valence-corrected chi connectivity index (χ4v) is 1.92. The summed E-state index contributed by atoms with van der Waals surface area (Å²) in [6.07, 6.45) is 0.697. The summed E-state index contributed by atoms with van der Waals surface area (Å²) in [5, 5.41) is 21.5. The van der Waals surface area contributed by atoms with Gasteiger partial charge in [0.1, 0.15) is 5.70 Å². The molecule has 0 aliphatic carbocycles. The van der Waals surface area contributed by atoms with E-state index in [9.17, 15) is 32.9 Å². The largest absolute Gasteiger partial charge is 0.395 e. The van der Waals surface area contributed by atoms with Gasteiger partial charge in [-0.05, 0) is 0 Å². The molecule has 1 aliphatic rings. The van der Waals surface area contributed by atoms with E-state index in [1.54, 1.807) is 0 Å². The first-order chi connectivity index (χ1) is 10.8. The second-order valence-corrected chi connectivity index (χ2v) is 4.34.